The van der Waals surface area contributed by atoms with Gasteiger partial charge in [0.25, 0.3) is 0 Å². The van der Waals surface area contributed by atoms with Crippen molar-refractivity contribution >= 4 is 11.8 Å². The number of aryl methyl sites for hydroxylation is 1. The number of aliphatic carboxylic acids is 1. The zero-order chi connectivity index (χ0) is 19.9. The van der Waals surface area contributed by atoms with Crippen LogP contribution >= 0.6 is 0 Å². The topological polar surface area (TPSA) is 76.7 Å². The third kappa shape index (κ3) is 4.88. The Labute approximate surface area is 163 Å². The molecular weight excluding hydrogens is 356 g/mol. The van der Waals surface area contributed by atoms with Crippen molar-refractivity contribution in [2.45, 2.75) is 32.3 Å². The van der Waals surface area contributed by atoms with Crippen LogP contribution in [0.2, 0.25) is 0 Å². The molecule has 0 amide bonds. The molecule has 0 fully saturated rings. The largest absolute Gasteiger partial charge is 0.489 e. The summed E-state index contributed by atoms with van der Waals surface area (Å²) >= 11 is 0. The van der Waals surface area contributed by atoms with Crippen LogP contribution in [-0.4, -0.2) is 16.9 Å². The van der Waals surface area contributed by atoms with E-state index >= 15 is 0 Å². The average Bonchev–Trinajstić information content (AvgIpc) is 3.21. The summed E-state index contributed by atoms with van der Waals surface area (Å²) in [5, 5.41) is 9.10. The van der Waals surface area contributed by atoms with E-state index in [1.54, 1.807) is 36.8 Å². The molecule has 0 aliphatic carbocycles. The van der Waals surface area contributed by atoms with Gasteiger partial charge in [-0.15, -0.1) is 0 Å². The average molecular weight is 378 g/mol. The van der Waals surface area contributed by atoms with Crippen molar-refractivity contribution in [3.05, 3.63) is 89.4 Å². The van der Waals surface area contributed by atoms with Crippen LogP contribution in [0.4, 0.5) is 0 Å². The number of ketones is 1. The number of hydrogen-bond acceptors (Lipinski definition) is 4. The van der Waals surface area contributed by atoms with Gasteiger partial charge in [-0.1, -0.05) is 36.4 Å². The van der Waals surface area contributed by atoms with Crippen LogP contribution in [0.25, 0.3) is 0 Å². The second-order valence-corrected chi connectivity index (χ2v) is 6.65. The van der Waals surface area contributed by atoms with Crippen molar-refractivity contribution in [1.82, 2.24) is 0 Å². The highest BCUT2D eigenvalue weighted by molar-refractivity contribution is 6.01. The molecule has 0 radical (unpaired) electrons. The third-order valence-electron chi connectivity index (χ3n) is 4.63. The molecule has 1 N–H and O–H groups in total. The van der Waals surface area contributed by atoms with Crippen LogP contribution in [0.3, 0.4) is 0 Å². The highest BCUT2D eigenvalue weighted by Crippen LogP contribution is 2.29. The normalized spacial score (nSPS) is 11.8. The summed E-state index contributed by atoms with van der Waals surface area (Å²) in [4.78, 5) is 24.3. The smallest absolute Gasteiger partial charge is 0.303 e. The molecular formula is C23H22O5. The van der Waals surface area contributed by atoms with E-state index in [4.69, 9.17) is 14.3 Å². The second kappa shape index (κ2) is 9.04. The van der Waals surface area contributed by atoms with Crippen LogP contribution in [0.15, 0.2) is 71.5 Å². The summed E-state index contributed by atoms with van der Waals surface area (Å²) in [5.74, 6) is -0.955. The minimum Gasteiger partial charge on any atom is -0.489 e. The van der Waals surface area contributed by atoms with Crippen molar-refractivity contribution in [3.63, 3.8) is 0 Å². The third-order valence-corrected chi connectivity index (χ3v) is 4.63. The predicted octanol–water partition coefficient (Wildman–Crippen LogP) is 5.00. The minimum atomic E-state index is -0.913. The number of Topliss-reactive ketones (excluding diaryl/α,β-unsaturated/α-hetero) is 1. The van der Waals surface area contributed by atoms with Gasteiger partial charge in [0.05, 0.1) is 12.5 Å². The van der Waals surface area contributed by atoms with E-state index in [2.05, 4.69) is 0 Å². The minimum absolute atomic E-state index is 0.0680. The summed E-state index contributed by atoms with van der Waals surface area (Å²) in [6.45, 7) is 2.27. The van der Waals surface area contributed by atoms with Gasteiger partial charge in [0.1, 0.15) is 12.4 Å². The molecule has 3 aromatic rings. The Hall–Kier alpha value is -3.34. The number of carboxylic acid groups (broad SMARTS) is 1. The summed E-state index contributed by atoms with van der Waals surface area (Å²) in [6.07, 6.45) is 3.36. The second-order valence-electron chi connectivity index (χ2n) is 6.65. The van der Waals surface area contributed by atoms with Crippen molar-refractivity contribution in [2.24, 2.45) is 0 Å². The van der Waals surface area contributed by atoms with Crippen LogP contribution in [0, 0.1) is 6.92 Å². The standard InChI is InChI=1S/C23H22O5/c1-16-5-2-3-8-20(16)21(9-10-22(24)25)23(26)18-6-4-7-19(13-18)28-15-17-11-12-27-14-17/h2-8,11-14,21H,9-10,15H2,1H3,(H,24,25). The first-order chi connectivity index (χ1) is 13.5. The highest BCUT2D eigenvalue weighted by Gasteiger charge is 2.24. The lowest BCUT2D eigenvalue weighted by Crippen LogP contribution is -2.16. The molecule has 0 bridgehead atoms. The van der Waals surface area contributed by atoms with Gasteiger partial charge in [-0.25, -0.2) is 0 Å². The van der Waals surface area contributed by atoms with Gasteiger partial charge in [-0.2, -0.15) is 0 Å². The molecule has 0 aliphatic heterocycles. The quantitative estimate of drug-likeness (QED) is 0.530. The van der Waals surface area contributed by atoms with Gasteiger partial charge in [-0.05, 0) is 42.7 Å². The molecule has 5 heteroatoms. The summed E-state index contributed by atoms with van der Waals surface area (Å²) < 4.78 is 10.8. The van der Waals surface area contributed by atoms with Gasteiger partial charge < -0.3 is 14.3 Å². The monoisotopic (exact) mass is 378 g/mol. The molecule has 28 heavy (non-hydrogen) atoms. The van der Waals surface area contributed by atoms with Crippen molar-refractivity contribution in [2.75, 3.05) is 0 Å². The first-order valence-electron chi connectivity index (χ1n) is 9.10. The highest BCUT2D eigenvalue weighted by atomic mass is 16.5. The number of carbonyl (C=O) groups excluding carboxylic acids is 1. The Bertz CT molecular complexity index is 943. The first kappa shape index (κ1) is 19.4. The molecule has 0 spiro atoms. The summed E-state index contributed by atoms with van der Waals surface area (Å²) in [6, 6.07) is 16.4. The number of ether oxygens (including phenoxy) is 1. The Morgan fingerprint density at radius 1 is 1.11 bits per heavy atom. The number of rotatable bonds is 9. The Morgan fingerprint density at radius 3 is 2.64 bits per heavy atom. The number of hydrogen-bond donors (Lipinski definition) is 1. The van der Waals surface area contributed by atoms with E-state index in [-0.39, 0.29) is 18.6 Å². The fraction of sp³-hybridized carbons (Fsp3) is 0.217. The van der Waals surface area contributed by atoms with Crippen molar-refractivity contribution < 1.29 is 23.8 Å². The van der Waals surface area contributed by atoms with Gasteiger partial charge >= 0.3 is 5.97 Å². The number of benzene rings is 2. The molecule has 1 unspecified atom stereocenters. The molecule has 0 saturated heterocycles. The molecule has 3 rings (SSSR count). The van der Waals surface area contributed by atoms with Crippen LogP contribution in [0.1, 0.15) is 45.8 Å². The number of carboxylic acids is 1. The maximum atomic E-state index is 13.2. The lowest BCUT2D eigenvalue weighted by Gasteiger charge is -2.18. The maximum Gasteiger partial charge on any atom is 0.303 e. The Balaban J connectivity index is 1.82. The molecule has 0 aliphatic rings. The van der Waals surface area contributed by atoms with Gasteiger partial charge in [0, 0.05) is 23.5 Å². The van der Waals surface area contributed by atoms with E-state index in [1.807, 2.05) is 37.3 Å². The van der Waals surface area contributed by atoms with E-state index in [0.29, 0.717) is 17.9 Å². The SMILES string of the molecule is Cc1ccccc1C(CCC(=O)O)C(=O)c1cccc(OCc2ccoc2)c1. The Morgan fingerprint density at radius 2 is 1.93 bits per heavy atom. The predicted molar refractivity (Wildman–Crippen MR) is 105 cm³/mol. The molecule has 2 aromatic carbocycles. The Kier molecular flexibility index (Phi) is 6.27. The molecule has 1 aromatic heterocycles. The summed E-state index contributed by atoms with van der Waals surface area (Å²) in [7, 11) is 0. The van der Waals surface area contributed by atoms with E-state index < -0.39 is 11.9 Å². The van der Waals surface area contributed by atoms with Crippen molar-refractivity contribution in [1.29, 1.82) is 0 Å². The maximum absolute atomic E-state index is 13.2. The fourth-order valence-electron chi connectivity index (χ4n) is 3.16. The van der Waals surface area contributed by atoms with Crippen molar-refractivity contribution in [3.8, 4) is 5.75 Å². The van der Waals surface area contributed by atoms with Crippen LogP contribution in [0.5, 0.6) is 5.75 Å². The molecule has 144 valence electrons. The van der Waals surface area contributed by atoms with E-state index in [0.717, 1.165) is 16.7 Å². The zero-order valence-electron chi connectivity index (χ0n) is 15.6. The van der Waals surface area contributed by atoms with Gasteiger partial charge in [0.15, 0.2) is 5.78 Å². The number of furan rings is 1. The lowest BCUT2D eigenvalue weighted by atomic mass is 9.85. The molecule has 1 atom stereocenters. The van der Waals surface area contributed by atoms with Gasteiger partial charge in [-0.3, -0.25) is 9.59 Å². The summed E-state index contributed by atoms with van der Waals surface area (Å²) in [5.41, 5.74) is 3.23. The fourth-order valence-corrected chi connectivity index (χ4v) is 3.16. The van der Waals surface area contributed by atoms with E-state index in [9.17, 15) is 9.59 Å². The lowest BCUT2D eigenvalue weighted by molar-refractivity contribution is -0.137. The zero-order valence-corrected chi connectivity index (χ0v) is 15.6. The van der Waals surface area contributed by atoms with Gasteiger partial charge in [0.2, 0.25) is 0 Å². The van der Waals surface area contributed by atoms with Crippen LogP contribution < -0.4 is 4.74 Å². The number of carbonyl (C=O) groups is 2. The molecule has 5 nitrogen and oxygen atoms in total. The van der Waals surface area contributed by atoms with Crippen LogP contribution in [-0.2, 0) is 11.4 Å². The molecule has 0 saturated carbocycles. The molecule has 1 heterocycles. The first-order valence-corrected chi connectivity index (χ1v) is 9.10. The van der Waals surface area contributed by atoms with E-state index in [1.165, 1.54) is 0 Å².